The number of aromatic hydroxyl groups is 1. The van der Waals surface area contributed by atoms with Gasteiger partial charge in [0.1, 0.15) is 11.6 Å². The quantitative estimate of drug-likeness (QED) is 0.790. The van der Waals surface area contributed by atoms with Gasteiger partial charge in [0.2, 0.25) is 0 Å². The van der Waals surface area contributed by atoms with Crippen molar-refractivity contribution in [3.05, 3.63) is 63.7 Å². The van der Waals surface area contributed by atoms with E-state index in [1.54, 1.807) is 16.7 Å². The van der Waals surface area contributed by atoms with Gasteiger partial charge in [0.05, 0.1) is 16.6 Å². The Bertz CT molecular complexity index is 954. The molecule has 0 amide bonds. The van der Waals surface area contributed by atoms with Crippen molar-refractivity contribution in [2.75, 3.05) is 0 Å². The molecule has 0 bridgehead atoms. The topological polar surface area (TPSA) is 55.1 Å². The van der Waals surface area contributed by atoms with Crippen molar-refractivity contribution in [1.29, 1.82) is 0 Å². The van der Waals surface area contributed by atoms with Crippen molar-refractivity contribution in [3.8, 4) is 11.4 Å². The Morgan fingerprint density at radius 2 is 1.79 bits per heavy atom. The second-order valence-electron chi connectivity index (χ2n) is 6.41. The maximum atomic E-state index is 13.2. The molecule has 0 fully saturated rings. The van der Waals surface area contributed by atoms with Crippen molar-refractivity contribution >= 4 is 10.9 Å². The van der Waals surface area contributed by atoms with Gasteiger partial charge in [-0.1, -0.05) is 38.5 Å². The molecule has 124 valence electrons. The molecule has 1 heterocycles. The number of aryl methyl sites for hydroxylation is 2. The van der Waals surface area contributed by atoms with Crippen molar-refractivity contribution in [2.45, 2.75) is 40.0 Å². The minimum absolute atomic E-state index is 0.0791. The molecule has 4 nitrogen and oxygen atoms in total. The molecular formula is C20H22N2O2. The number of hydrogen-bond donors (Lipinski definition) is 1. The van der Waals surface area contributed by atoms with Crippen LogP contribution in [-0.4, -0.2) is 14.7 Å². The lowest BCUT2D eigenvalue weighted by Crippen LogP contribution is -2.25. The third-order valence-corrected chi connectivity index (χ3v) is 4.31. The van der Waals surface area contributed by atoms with Gasteiger partial charge in [0.15, 0.2) is 0 Å². The molecule has 0 aliphatic carbocycles. The first-order valence-electron chi connectivity index (χ1n) is 8.28. The first kappa shape index (κ1) is 16.2. The molecule has 0 aliphatic rings. The van der Waals surface area contributed by atoms with Crippen LogP contribution in [0.4, 0.5) is 0 Å². The van der Waals surface area contributed by atoms with Crippen LogP contribution in [0.2, 0.25) is 0 Å². The second-order valence-corrected chi connectivity index (χ2v) is 6.41. The number of fused-ring (bicyclic) bond motifs is 1. The van der Waals surface area contributed by atoms with Gasteiger partial charge < -0.3 is 5.11 Å². The van der Waals surface area contributed by atoms with E-state index < -0.39 is 0 Å². The molecule has 3 rings (SSSR count). The summed E-state index contributed by atoms with van der Waals surface area (Å²) in [5.41, 5.74) is 3.19. The third-order valence-electron chi connectivity index (χ3n) is 4.31. The average Bonchev–Trinajstić information content (AvgIpc) is 2.55. The van der Waals surface area contributed by atoms with Crippen molar-refractivity contribution < 1.29 is 5.11 Å². The zero-order valence-corrected chi connectivity index (χ0v) is 14.5. The minimum atomic E-state index is -0.0951. The monoisotopic (exact) mass is 322 g/mol. The fraction of sp³-hybridized carbons (Fsp3) is 0.300. The Labute approximate surface area is 141 Å². The molecule has 1 N–H and O–H groups in total. The molecule has 1 aromatic heterocycles. The molecule has 2 aromatic carbocycles. The van der Waals surface area contributed by atoms with Gasteiger partial charge in [-0.05, 0) is 37.6 Å². The lowest BCUT2D eigenvalue weighted by atomic mass is 10.1. The van der Waals surface area contributed by atoms with Crippen molar-refractivity contribution in [2.24, 2.45) is 0 Å². The standard InChI is InChI=1S/C20H22N2O2/c1-5-15-17(23)11-10-16-18(15)21-19(12(2)3)22(20(16)24)14-8-6-13(4)7-9-14/h6-12,23H,5H2,1-4H3. The maximum absolute atomic E-state index is 13.2. The van der Waals surface area contributed by atoms with Gasteiger partial charge in [-0.3, -0.25) is 9.36 Å². The van der Waals surface area contributed by atoms with E-state index in [0.29, 0.717) is 23.1 Å². The highest BCUT2D eigenvalue weighted by molar-refractivity contribution is 5.83. The molecule has 0 saturated carbocycles. The lowest BCUT2D eigenvalue weighted by Gasteiger charge is -2.17. The SMILES string of the molecule is CCc1c(O)ccc2c(=O)n(-c3ccc(C)cc3)c(C(C)C)nc12. The molecule has 0 saturated heterocycles. The zero-order chi connectivity index (χ0) is 17.4. The Kier molecular flexibility index (Phi) is 4.14. The number of aromatic nitrogens is 2. The Balaban J connectivity index is 2.43. The summed E-state index contributed by atoms with van der Waals surface area (Å²) in [6.07, 6.45) is 0.627. The van der Waals surface area contributed by atoms with Gasteiger partial charge >= 0.3 is 0 Å². The van der Waals surface area contributed by atoms with Crippen LogP contribution >= 0.6 is 0 Å². The van der Waals surface area contributed by atoms with Crippen molar-refractivity contribution in [1.82, 2.24) is 9.55 Å². The third kappa shape index (κ3) is 2.58. The number of phenolic OH excluding ortho intramolecular Hbond substituents is 1. The molecule has 0 atom stereocenters. The number of benzene rings is 2. The molecule has 0 unspecified atom stereocenters. The van der Waals surface area contributed by atoms with Crippen LogP contribution in [0, 0.1) is 6.92 Å². The highest BCUT2D eigenvalue weighted by Gasteiger charge is 2.18. The molecule has 0 radical (unpaired) electrons. The van der Waals surface area contributed by atoms with E-state index in [-0.39, 0.29) is 17.2 Å². The van der Waals surface area contributed by atoms with Gasteiger partial charge in [-0.25, -0.2) is 4.98 Å². The summed E-state index contributed by atoms with van der Waals surface area (Å²) in [4.78, 5) is 17.9. The Hall–Kier alpha value is -2.62. The van der Waals surface area contributed by atoms with E-state index in [1.807, 2.05) is 52.0 Å². The average molecular weight is 322 g/mol. The maximum Gasteiger partial charge on any atom is 0.265 e. The fourth-order valence-corrected chi connectivity index (χ4v) is 2.99. The molecule has 3 aromatic rings. The van der Waals surface area contributed by atoms with E-state index in [0.717, 1.165) is 16.8 Å². The first-order valence-corrected chi connectivity index (χ1v) is 8.28. The largest absolute Gasteiger partial charge is 0.508 e. The summed E-state index contributed by atoms with van der Waals surface area (Å²) in [5.74, 6) is 0.979. The van der Waals surface area contributed by atoms with E-state index >= 15 is 0 Å². The number of rotatable bonds is 3. The van der Waals surface area contributed by atoms with Gasteiger partial charge in [0.25, 0.3) is 5.56 Å². The van der Waals surface area contributed by atoms with E-state index in [1.165, 1.54) is 0 Å². The number of nitrogens with zero attached hydrogens (tertiary/aromatic N) is 2. The summed E-state index contributed by atoms with van der Waals surface area (Å²) < 4.78 is 1.68. The van der Waals surface area contributed by atoms with Crippen LogP contribution in [0.3, 0.4) is 0 Å². The molecule has 0 aliphatic heterocycles. The van der Waals surface area contributed by atoms with E-state index in [4.69, 9.17) is 4.98 Å². The Morgan fingerprint density at radius 3 is 2.38 bits per heavy atom. The van der Waals surface area contributed by atoms with Crippen LogP contribution in [-0.2, 0) is 6.42 Å². The Morgan fingerprint density at radius 1 is 1.12 bits per heavy atom. The van der Waals surface area contributed by atoms with Crippen LogP contribution in [0.15, 0.2) is 41.2 Å². The summed E-state index contributed by atoms with van der Waals surface area (Å²) in [6, 6.07) is 11.1. The summed E-state index contributed by atoms with van der Waals surface area (Å²) in [7, 11) is 0. The normalized spacial score (nSPS) is 11.4. The first-order chi connectivity index (χ1) is 11.4. The smallest absolute Gasteiger partial charge is 0.265 e. The summed E-state index contributed by atoms with van der Waals surface area (Å²) in [6.45, 7) is 8.01. The summed E-state index contributed by atoms with van der Waals surface area (Å²) in [5, 5.41) is 10.6. The van der Waals surface area contributed by atoms with Gasteiger partial charge in [0, 0.05) is 11.5 Å². The second kappa shape index (κ2) is 6.11. The van der Waals surface area contributed by atoms with E-state index in [2.05, 4.69) is 0 Å². The van der Waals surface area contributed by atoms with Crippen LogP contribution in [0.5, 0.6) is 5.75 Å². The number of hydrogen-bond acceptors (Lipinski definition) is 3. The zero-order valence-electron chi connectivity index (χ0n) is 14.5. The van der Waals surface area contributed by atoms with Crippen LogP contribution in [0.25, 0.3) is 16.6 Å². The summed E-state index contributed by atoms with van der Waals surface area (Å²) >= 11 is 0. The fourth-order valence-electron chi connectivity index (χ4n) is 2.99. The number of phenols is 1. The van der Waals surface area contributed by atoms with Crippen LogP contribution < -0.4 is 5.56 Å². The molecule has 4 heteroatoms. The lowest BCUT2D eigenvalue weighted by molar-refractivity contribution is 0.470. The van der Waals surface area contributed by atoms with E-state index in [9.17, 15) is 9.90 Å². The van der Waals surface area contributed by atoms with Crippen LogP contribution in [0.1, 0.15) is 43.6 Å². The predicted octanol–water partition coefficient (Wildman–Crippen LogP) is 4.09. The van der Waals surface area contributed by atoms with Crippen molar-refractivity contribution in [3.63, 3.8) is 0 Å². The highest BCUT2D eigenvalue weighted by atomic mass is 16.3. The predicted molar refractivity (Wildman–Crippen MR) is 97.2 cm³/mol. The molecule has 0 spiro atoms. The minimum Gasteiger partial charge on any atom is -0.508 e. The van der Waals surface area contributed by atoms with Gasteiger partial charge in [-0.2, -0.15) is 0 Å². The molecule has 24 heavy (non-hydrogen) atoms. The highest BCUT2D eigenvalue weighted by Crippen LogP contribution is 2.27. The molecular weight excluding hydrogens is 300 g/mol. The van der Waals surface area contributed by atoms with Gasteiger partial charge in [-0.15, -0.1) is 0 Å².